The molecule has 2 rings (SSSR count). The molecule has 0 aromatic heterocycles. The fourth-order valence-corrected chi connectivity index (χ4v) is 4.14. The summed E-state index contributed by atoms with van der Waals surface area (Å²) in [6, 6.07) is 0. The normalized spacial score (nSPS) is 37.6. The predicted molar refractivity (Wildman–Crippen MR) is 90.6 cm³/mol. The molecule has 2 aliphatic carbocycles. The maximum Gasteiger partial charge on any atom is 0.0810 e. The molecule has 0 aromatic carbocycles. The van der Waals surface area contributed by atoms with Crippen molar-refractivity contribution in [2.75, 3.05) is 13.1 Å². The standard InChI is InChI=1S/C19H37NO/c1-4-14-20-15-19(12-10-17(5-2)11-13-19)21-18-8-6-16(3)7-9-18/h16-18,20H,4-15H2,1-3H3. The molecule has 21 heavy (non-hydrogen) atoms. The summed E-state index contributed by atoms with van der Waals surface area (Å²) in [7, 11) is 0. The Balaban J connectivity index is 1.88. The van der Waals surface area contributed by atoms with Crippen LogP contribution in [0.5, 0.6) is 0 Å². The molecular formula is C19H37NO. The number of hydrogen-bond donors (Lipinski definition) is 1. The number of hydrogen-bond acceptors (Lipinski definition) is 2. The zero-order chi connectivity index (χ0) is 15.1. The van der Waals surface area contributed by atoms with Crippen molar-refractivity contribution in [1.82, 2.24) is 5.32 Å². The van der Waals surface area contributed by atoms with Gasteiger partial charge < -0.3 is 10.1 Å². The largest absolute Gasteiger partial charge is 0.370 e. The second-order valence-corrected chi connectivity index (χ2v) is 7.71. The van der Waals surface area contributed by atoms with E-state index in [1.54, 1.807) is 0 Å². The molecule has 2 heteroatoms. The molecule has 2 nitrogen and oxygen atoms in total. The van der Waals surface area contributed by atoms with Crippen LogP contribution >= 0.6 is 0 Å². The molecule has 0 aliphatic heterocycles. The van der Waals surface area contributed by atoms with Gasteiger partial charge in [-0.05, 0) is 76.2 Å². The van der Waals surface area contributed by atoms with Crippen LogP contribution in [0.2, 0.25) is 0 Å². The summed E-state index contributed by atoms with van der Waals surface area (Å²) in [6.45, 7) is 9.18. The van der Waals surface area contributed by atoms with Gasteiger partial charge >= 0.3 is 0 Å². The van der Waals surface area contributed by atoms with Gasteiger partial charge in [-0.25, -0.2) is 0 Å². The van der Waals surface area contributed by atoms with Gasteiger partial charge in [0.25, 0.3) is 0 Å². The first-order valence-electron chi connectivity index (χ1n) is 9.56. The fourth-order valence-electron chi connectivity index (χ4n) is 4.14. The summed E-state index contributed by atoms with van der Waals surface area (Å²) in [5.41, 5.74) is 0.145. The Morgan fingerprint density at radius 1 is 1.00 bits per heavy atom. The molecule has 2 aliphatic rings. The van der Waals surface area contributed by atoms with Crippen molar-refractivity contribution in [1.29, 1.82) is 0 Å². The van der Waals surface area contributed by atoms with Gasteiger partial charge in [-0.1, -0.05) is 27.2 Å². The van der Waals surface area contributed by atoms with E-state index in [1.807, 2.05) is 0 Å². The maximum atomic E-state index is 6.75. The van der Waals surface area contributed by atoms with Crippen LogP contribution in [0.15, 0.2) is 0 Å². The van der Waals surface area contributed by atoms with Crippen molar-refractivity contribution in [3.63, 3.8) is 0 Å². The van der Waals surface area contributed by atoms with E-state index < -0.39 is 0 Å². The molecule has 0 unspecified atom stereocenters. The van der Waals surface area contributed by atoms with Gasteiger partial charge in [-0.2, -0.15) is 0 Å². The first kappa shape index (κ1) is 17.3. The molecule has 2 fully saturated rings. The summed E-state index contributed by atoms with van der Waals surface area (Å²) < 4.78 is 6.75. The molecule has 0 aromatic rings. The van der Waals surface area contributed by atoms with Crippen LogP contribution in [0.3, 0.4) is 0 Å². The molecule has 1 N–H and O–H groups in total. The number of nitrogens with one attached hydrogen (secondary N) is 1. The SMILES string of the molecule is CCCNCC1(OC2CCC(C)CC2)CCC(CC)CC1. The van der Waals surface area contributed by atoms with Gasteiger partial charge in [-0.15, -0.1) is 0 Å². The van der Waals surface area contributed by atoms with Gasteiger partial charge in [0.05, 0.1) is 11.7 Å². The lowest BCUT2D eigenvalue weighted by atomic mass is 9.77. The van der Waals surface area contributed by atoms with Crippen LogP contribution in [-0.4, -0.2) is 24.8 Å². The van der Waals surface area contributed by atoms with E-state index in [9.17, 15) is 0 Å². The van der Waals surface area contributed by atoms with E-state index in [2.05, 4.69) is 26.1 Å². The second kappa shape index (κ2) is 8.53. The summed E-state index contributed by atoms with van der Waals surface area (Å²) in [6.07, 6.45) is 13.7. The third kappa shape index (κ3) is 5.25. The molecule has 0 radical (unpaired) electrons. The average molecular weight is 296 g/mol. The first-order chi connectivity index (χ1) is 10.2. The van der Waals surface area contributed by atoms with Crippen molar-refractivity contribution in [2.24, 2.45) is 11.8 Å². The lowest BCUT2D eigenvalue weighted by molar-refractivity contribution is -0.129. The van der Waals surface area contributed by atoms with E-state index in [0.717, 1.165) is 24.9 Å². The molecule has 0 bridgehead atoms. The highest BCUT2D eigenvalue weighted by Crippen LogP contribution is 2.39. The van der Waals surface area contributed by atoms with Crippen LogP contribution < -0.4 is 5.32 Å². The molecule has 0 saturated heterocycles. The molecule has 124 valence electrons. The van der Waals surface area contributed by atoms with Crippen molar-refractivity contribution in [3.05, 3.63) is 0 Å². The van der Waals surface area contributed by atoms with Crippen molar-refractivity contribution in [3.8, 4) is 0 Å². The Kier molecular flexibility index (Phi) is 7.01. The van der Waals surface area contributed by atoms with E-state index >= 15 is 0 Å². The quantitative estimate of drug-likeness (QED) is 0.673. The maximum absolute atomic E-state index is 6.75. The van der Waals surface area contributed by atoms with Crippen LogP contribution in [0, 0.1) is 11.8 Å². The third-order valence-electron chi connectivity index (χ3n) is 5.85. The van der Waals surface area contributed by atoms with Crippen LogP contribution in [0.1, 0.15) is 85.0 Å². The van der Waals surface area contributed by atoms with E-state index in [-0.39, 0.29) is 5.60 Å². The fraction of sp³-hybridized carbons (Fsp3) is 1.00. The summed E-state index contributed by atoms with van der Waals surface area (Å²) >= 11 is 0. The molecule has 0 spiro atoms. The minimum Gasteiger partial charge on any atom is -0.370 e. The summed E-state index contributed by atoms with van der Waals surface area (Å²) in [5.74, 6) is 1.86. The predicted octanol–water partition coefficient (Wildman–Crippen LogP) is 4.92. The molecule has 0 amide bonds. The van der Waals surface area contributed by atoms with Gasteiger partial charge in [0.2, 0.25) is 0 Å². The highest BCUT2D eigenvalue weighted by atomic mass is 16.5. The number of rotatable bonds is 7. The van der Waals surface area contributed by atoms with Crippen LogP contribution in [0.25, 0.3) is 0 Å². The van der Waals surface area contributed by atoms with E-state index in [1.165, 1.54) is 64.2 Å². The third-order valence-corrected chi connectivity index (χ3v) is 5.85. The Bertz CT molecular complexity index is 270. The van der Waals surface area contributed by atoms with Crippen molar-refractivity contribution >= 4 is 0 Å². The monoisotopic (exact) mass is 295 g/mol. The minimum atomic E-state index is 0.145. The number of ether oxygens (including phenoxy) is 1. The summed E-state index contributed by atoms with van der Waals surface area (Å²) in [5, 5.41) is 3.65. The molecule has 0 atom stereocenters. The van der Waals surface area contributed by atoms with Gasteiger partial charge in [-0.3, -0.25) is 0 Å². The van der Waals surface area contributed by atoms with Gasteiger partial charge in [0.1, 0.15) is 0 Å². The molecule has 2 saturated carbocycles. The molecular weight excluding hydrogens is 258 g/mol. The zero-order valence-electron chi connectivity index (χ0n) is 14.6. The van der Waals surface area contributed by atoms with Crippen molar-refractivity contribution in [2.45, 2.75) is 96.7 Å². The lowest BCUT2D eigenvalue weighted by Crippen LogP contribution is -2.48. The smallest absolute Gasteiger partial charge is 0.0810 e. The molecule has 0 heterocycles. The van der Waals surface area contributed by atoms with E-state index in [4.69, 9.17) is 4.74 Å². The van der Waals surface area contributed by atoms with Gasteiger partial charge in [0.15, 0.2) is 0 Å². The Labute approximate surface area is 132 Å². The van der Waals surface area contributed by atoms with Crippen LogP contribution in [0.4, 0.5) is 0 Å². The van der Waals surface area contributed by atoms with Crippen LogP contribution in [-0.2, 0) is 4.74 Å². The highest BCUT2D eigenvalue weighted by molar-refractivity contribution is 4.90. The van der Waals surface area contributed by atoms with E-state index in [0.29, 0.717) is 6.10 Å². The topological polar surface area (TPSA) is 21.3 Å². The lowest BCUT2D eigenvalue weighted by Gasteiger charge is -2.44. The zero-order valence-corrected chi connectivity index (χ0v) is 14.6. The Morgan fingerprint density at radius 2 is 1.67 bits per heavy atom. The van der Waals surface area contributed by atoms with Crippen molar-refractivity contribution < 1.29 is 4.74 Å². The summed E-state index contributed by atoms with van der Waals surface area (Å²) in [4.78, 5) is 0. The average Bonchev–Trinajstić information content (AvgIpc) is 2.51. The first-order valence-corrected chi connectivity index (χ1v) is 9.56. The highest BCUT2D eigenvalue weighted by Gasteiger charge is 2.38. The Hall–Kier alpha value is -0.0800. The second-order valence-electron chi connectivity index (χ2n) is 7.71. The van der Waals surface area contributed by atoms with Gasteiger partial charge in [0, 0.05) is 6.54 Å². The minimum absolute atomic E-state index is 0.145. The Morgan fingerprint density at radius 3 is 2.24 bits per heavy atom.